The van der Waals surface area contributed by atoms with Crippen molar-refractivity contribution in [3.63, 3.8) is 0 Å². The summed E-state index contributed by atoms with van der Waals surface area (Å²) in [5.74, 6) is -0.814. The summed E-state index contributed by atoms with van der Waals surface area (Å²) in [6, 6.07) is 8.50. The van der Waals surface area contributed by atoms with Crippen molar-refractivity contribution >= 4 is 5.97 Å². The van der Waals surface area contributed by atoms with Crippen LogP contribution in [-0.2, 0) is 9.53 Å². The predicted molar refractivity (Wildman–Crippen MR) is 58.6 cm³/mol. The Balaban J connectivity index is 2.67. The predicted octanol–water partition coefficient (Wildman–Crippen LogP) is 1.03. The van der Waals surface area contributed by atoms with E-state index < -0.39 is 18.2 Å². The van der Waals surface area contributed by atoms with Gasteiger partial charge in [-0.05, 0) is 19.4 Å². The van der Waals surface area contributed by atoms with E-state index in [-0.39, 0.29) is 6.10 Å². The molecule has 0 aromatic heterocycles. The number of carbonyl (C=O) groups excluding carboxylic acids is 1. The van der Waals surface area contributed by atoms with Gasteiger partial charge in [0.25, 0.3) is 0 Å². The molecule has 1 aromatic carbocycles. The lowest BCUT2D eigenvalue weighted by molar-refractivity contribution is -0.163. The maximum atomic E-state index is 11.3. The number of aliphatic hydroxyl groups is 2. The van der Waals surface area contributed by atoms with E-state index in [0.29, 0.717) is 5.56 Å². The van der Waals surface area contributed by atoms with Gasteiger partial charge in [0, 0.05) is 0 Å². The average molecular weight is 224 g/mol. The Hall–Kier alpha value is -1.39. The molecule has 16 heavy (non-hydrogen) atoms. The van der Waals surface area contributed by atoms with Crippen molar-refractivity contribution < 1.29 is 19.7 Å². The van der Waals surface area contributed by atoms with Crippen LogP contribution in [0, 0.1) is 0 Å². The van der Waals surface area contributed by atoms with Crippen molar-refractivity contribution in [1.82, 2.24) is 0 Å². The standard InChI is InChI=1S/C12H16O4/c1-8(2)16-12(15)11(14)10(13)9-6-4-3-5-7-9/h3-8,10-11,13-14H,1-2H3/t10-,11+/m0/s1. The van der Waals surface area contributed by atoms with Crippen molar-refractivity contribution in [2.75, 3.05) is 0 Å². The molecule has 88 valence electrons. The van der Waals surface area contributed by atoms with Crippen molar-refractivity contribution in [2.45, 2.75) is 32.2 Å². The number of ether oxygens (including phenoxy) is 1. The Morgan fingerprint density at radius 3 is 2.25 bits per heavy atom. The van der Waals surface area contributed by atoms with Gasteiger partial charge in [-0.25, -0.2) is 4.79 Å². The number of carbonyl (C=O) groups is 1. The molecular formula is C12H16O4. The minimum atomic E-state index is -1.55. The molecule has 0 aliphatic carbocycles. The second-order valence-electron chi connectivity index (χ2n) is 3.79. The van der Waals surface area contributed by atoms with E-state index >= 15 is 0 Å². The second-order valence-corrected chi connectivity index (χ2v) is 3.79. The maximum Gasteiger partial charge on any atom is 0.338 e. The molecule has 0 saturated heterocycles. The van der Waals surface area contributed by atoms with Gasteiger partial charge >= 0.3 is 5.97 Å². The van der Waals surface area contributed by atoms with Gasteiger partial charge in [0.1, 0.15) is 6.10 Å². The summed E-state index contributed by atoms with van der Waals surface area (Å²) in [5, 5.41) is 19.3. The van der Waals surface area contributed by atoms with Crippen molar-refractivity contribution in [3.05, 3.63) is 35.9 Å². The van der Waals surface area contributed by atoms with Crippen LogP contribution >= 0.6 is 0 Å². The van der Waals surface area contributed by atoms with Gasteiger partial charge in [0.15, 0.2) is 6.10 Å². The summed E-state index contributed by atoms with van der Waals surface area (Å²) >= 11 is 0. The number of rotatable bonds is 4. The largest absolute Gasteiger partial charge is 0.461 e. The third-order valence-corrected chi connectivity index (χ3v) is 2.03. The molecule has 2 N–H and O–H groups in total. The fraction of sp³-hybridized carbons (Fsp3) is 0.417. The third kappa shape index (κ3) is 3.32. The molecule has 0 amide bonds. The molecule has 0 aliphatic rings. The lowest BCUT2D eigenvalue weighted by atomic mass is 10.0. The lowest BCUT2D eigenvalue weighted by Gasteiger charge is -2.18. The molecule has 0 fully saturated rings. The molecule has 0 saturated carbocycles. The first kappa shape index (κ1) is 12.7. The first-order valence-corrected chi connectivity index (χ1v) is 5.14. The molecule has 0 heterocycles. The van der Waals surface area contributed by atoms with Crippen molar-refractivity contribution in [1.29, 1.82) is 0 Å². The quantitative estimate of drug-likeness (QED) is 0.750. The molecule has 0 radical (unpaired) electrons. The average Bonchev–Trinajstić information content (AvgIpc) is 2.27. The number of hydrogen-bond donors (Lipinski definition) is 2. The van der Waals surface area contributed by atoms with Crippen LogP contribution in [-0.4, -0.2) is 28.4 Å². The summed E-state index contributed by atoms with van der Waals surface area (Å²) in [6.45, 7) is 3.36. The van der Waals surface area contributed by atoms with Gasteiger partial charge in [-0.1, -0.05) is 30.3 Å². The number of aliphatic hydroxyl groups excluding tert-OH is 2. The molecule has 4 nitrogen and oxygen atoms in total. The highest BCUT2D eigenvalue weighted by Gasteiger charge is 2.27. The maximum absolute atomic E-state index is 11.3. The van der Waals surface area contributed by atoms with Crippen molar-refractivity contribution in [3.8, 4) is 0 Å². The second kappa shape index (κ2) is 5.63. The molecule has 1 aromatic rings. The van der Waals surface area contributed by atoms with E-state index in [2.05, 4.69) is 0 Å². The molecule has 1 rings (SSSR count). The summed E-state index contributed by atoms with van der Waals surface area (Å²) in [5.41, 5.74) is 0.482. The number of hydrogen-bond acceptors (Lipinski definition) is 4. The van der Waals surface area contributed by atoms with E-state index in [9.17, 15) is 15.0 Å². The van der Waals surface area contributed by atoms with Crippen LogP contribution in [0.15, 0.2) is 30.3 Å². The topological polar surface area (TPSA) is 66.8 Å². The zero-order valence-corrected chi connectivity index (χ0v) is 9.33. The Morgan fingerprint density at radius 1 is 1.19 bits per heavy atom. The number of benzene rings is 1. The molecular weight excluding hydrogens is 208 g/mol. The van der Waals surface area contributed by atoms with Crippen LogP contribution in [0.2, 0.25) is 0 Å². The van der Waals surface area contributed by atoms with E-state index in [1.807, 2.05) is 0 Å². The Bertz CT molecular complexity index is 334. The zero-order chi connectivity index (χ0) is 12.1. The third-order valence-electron chi connectivity index (χ3n) is 2.03. The summed E-state index contributed by atoms with van der Waals surface area (Å²) in [4.78, 5) is 11.3. The molecule has 0 unspecified atom stereocenters. The summed E-state index contributed by atoms with van der Waals surface area (Å²) < 4.78 is 4.81. The van der Waals surface area contributed by atoms with Gasteiger partial charge in [-0.2, -0.15) is 0 Å². The summed E-state index contributed by atoms with van der Waals surface area (Å²) in [7, 11) is 0. The minimum Gasteiger partial charge on any atom is -0.461 e. The van der Waals surface area contributed by atoms with Crippen molar-refractivity contribution in [2.24, 2.45) is 0 Å². The van der Waals surface area contributed by atoms with Gasteiger partial charge in [0.05, 0.1) is 6.10 Å². The highest BCUT2D eigenvalue weighted by Crippen LogP contribution is 2.17. The Kier molecular flexibility index (Phi) is 4.46. The molecule has 2 atom stereocenters. The lowest BCUT2D eigenvalue weighted by Crippen LogP contribution is -2.31. The van der Waals surface area contributed by atoms with Crippen LogP contribution in [0.4, 0.5) is 0 Å². The van der Waals surface area contributed by atoms with Crippen LogP contribution in [0.5, 0.6) is 0 Å². The van der Waals surface area contributed by atoms with Gasteiger partial charge < -0.3 is 14.9 Å². The fourth-order valence-corrected chi connectivity index (χ4v) is 1.26. The zero-order valence-electron chi connectivity index (χ0n) is 9.33. The van der Waals surface area contributed by atoms with E-state index in [1.54, 1.807) is 44.2 Å². The molecule has 0 bridgehead atoms. The van der Waals surface area contributed by atoms with Gasteiger partial charge in [-0.15, -0.1) is 0 Å². The first-order valence-electron chi connectivity index (χ1n) is 5.14. The smallest absolute Gasteiger partial charge is 0.338 e. The van der Waals surface area contributed by atoms with Crippen LogP contribution in [0.1, 0.15) is 25.5 Å². The highest BCUT2D eigenvalue weighted by molar-refractivity contribution is 5.75. The first-order chi connectivity index (χ1) is 7.52. The van der Waals surface area contributed by atoms with Crippen LogP contribution in [0.25, 0.3) is 0 Å². The van der Waals surface area contributed by atoms with E-state index in [4.69, 9.17) is 4.74 Å². The summed E-state index contributed by atoms with van der Waals surface area (Å²) in [6.07, 6.45) is -3.12. The fourth-order valence-electron chi connectivity index (χ4n) is 1.26. The Labute approximate surface area is 94.5 Å². The Morgan fingerprint density at radius 2 is 1.75 bits per heavy atom. The molecule has 0 spiro atoms. The van der Waals surface area contributed by atoms with E-state index in [0.717, 1.165) is 0 Å². The normalized spacial score (nSPS) is 14.6. The number of esters is 1. The minimum absolute atomic E-state index is 0.315. The van der Waals surface area contributed by atoms with Gasteiger partial charge in [0.2, 0.25) is 0 Å². The van der Waals surface area contributed by atoms with Crippen LogP contribution in [0.3, 0.4) is 0 Å². The van der Waals surface area contributed by atoms with Crippen LogP contribution < -0.4 is 0 Å². The highest BCUT2D eigenvalue weighted by atomic mass is 16.6. The monoisotopic (exact) mass is 224 g/mol. The molecule has 4 heteroatoms. The molecule has 0 aliphatic heterocycles. The SMILES string of the molecule is CC(C)OC(=O)[C@H](O)[C@@H](O)c1ccccc1. The van der Waals surface area contributed by atoms with E-state index in [1.165, 1.54) is 0 Å². The van der Waals surface area contributed by atoms with Gasteiger partial charge in [-0.3, -0.25) is 0 Å².